The standard InChI is InChI=1S/C14H21NO2/c1-3-12(15-4-2)9-11-5-6-13-14(10-11)17-8-7-16-13/h5-6,10,12,15H,3-4,7-9H2,1-2H3. The number of rotatable bonds is 5. The highest BCUT2D eigenvalue weighted by atomic mass is 16.6. The van der Waals surface area contributed by atoms with Crippen LogP contribution in [-0.4, -0.2) is 25.8 Å². The third-order valence-electron chi connectivity index (χ3n) is 3.07. The van der Waals surface area contributed by atoms with Gasteiger partial charge in [-0.3, -0.25) is 0 Å². The monoisotopic (exact) mass is 235 g/mol. The lowest BCUT2D eigenvalue weighted by molar-refractivity contribution is 0.171. The number of hydrogen-bond acceptors (Lipinski definition) is 3. The third-order valence-corrected chi connectivity index (χ3v) is 3.07. The Morgan fingerprint density at radius 3 is 2.65 bits per heavy atom. The van der Waals surface area contributed by atoms with Crippen LogP contribution in [0.5, 0.6) is 11.5 Å². The molecule has 17 heavy (non-hydrogen) atoms. The van der Waals surface area contributed by atoms with Crippen LogP contribution in [0.15, 0.2) is 18.2 Å². The molecule has 3 heteroatoms. The minimum absolute atomic E-state index is 0.544. The Morgan fingerprint density at radius 1 is 1.18 bits per heavy atom. The molecule has 0 saturated heterocycles. The van der Waals surface area contributed by atoms with E-state index in [-0.39, 0.29) is 0 Å². The Balaban J connectivity index is 2.05. The highest BCUT2D eigenvalue weighted by molar-refractivity contribution is 5.44. The normalized spacial score (nSPS) is 15.6. The van der Waals surface area contributed by atoms with Gasteiger partial charge >= 0.3 is 0 Å². The van der Waals surface area contributed by atoms with Gasteiger partial charge in [0.05, 0.1) is 0 Å². The van der Waals surface area contributed by atoms with Crippen LogP contribution in [-0.2, 0) is 6.42 Å². The molecule has 1 aromatic rings. The van der Waals surface area contributed by atoms with E-state index < -0.39 is 0 Å². The zero-order chi connectivity index (χ0) is 12.1. The molecule has 94 valence electrons. The van der Waals surface area contributed by atoms with Crippen LogP contribution in [0.2, 0.25) is 0 Å². The van der Waals surface area contributed by atoms with E-state index in [0.717, 1.165) is 30.9 Å². The summed E-state index contributed by atoms with van der Waals surface area (Å²) in [6.45, 7) is 6.68. The lowest BCUT2D eigenvalue weighted by atomic mass is 10.0. The minimum atomic E-state index is 0.544. The zero-order valence-corrected chi connectivity index (χ0v) is 10.7. The van der Waals surface area contributed by atoms with E-state index in [1.165, 1.54) is 5.56 Å². The molecule has 0 aliphatic carbocycles. The second-order valence-corrected chi connectivity index (χ2v) is 4.34. The summed E-state index contributed by atoms with van der Waals surface area (Å²) >= 11 is 0. The summed E-state index contributed by atoms with van der Waals surface area (Å²) in [5.74, 6) is 1.76. The van der Waals surface area contributed by atoms with Crippen LogP contribution in [0.1, 0.15) is 25.8 Å². The summed E-state index contributed by atoms with van der Waals surface area (Å²) in [5, 5.41) is 3.49. The van der Waals surface area contributed by atoms with Gasteiger partial charge in [-0.2, -0.15) is 0 Å². The smallest absolute Gasteiger partial charge is 0.161 e. The summed E-state index contributed by atoms with van der Waals surface area (Å²) in [7, 11) is 0. The molecule has 0 amide bonds. The van der Waals surface area contributed by atoms with E-state index in [1.54, 1.807) is 0 Å². The molecule has 1 aromatic carbocycles. The number of hydrogen-bond donors (Lipinski definition) is 1. The fraction of sp³-hybridized carbons (Fsp3) is 0.571. The van der Waals surface area contributed by atoms with E-state index in [9.17, 15) is 0 Å². The molecule has 1 aliphatic rings. The Morgan fingerprint density at radius 2 is 1.94 bits per heavy atom. The van der Waals surface area contributed by atoms with Crippen molar-refractivity contribution in [3.05, 3.63) is 23.8 Å². The molecule has 0 spiro atoms. The number of benzene rings is 1. The van der Waals surface area contributed by atoms with Gasteiger partial charge in [-0.1, -0.05) is 19.9 Å². The molecule has 0 radical (unpaired) electrons. The first-order chi connectivity index (χ1) is 8.33. The summed E-state index contributed by atoms with van der Waals surface area (Å²) in [4.78, 5) is 0. The lowest BCUT2D eigenvalue weighted by Gasteiger charge is -2.20. The average molecular weight is 235 g/mol. The molecule has 0 bridgehead atoms. The molecular weight excluding hydrogens is 214 g/mol. The Labute approximate surface area is 103 Å². The van der Waals surface area contributed by atoms with Crippen molar-refractivity contribution in [1.29, 1.82) is 0 Å². The second kappa shape index (κ2) is 5.92. The maximum absolute atomic E-state index is 5.59. The van der Waals surface area contributed by atoms with E-state index in [0.29, 0.717) is 19.3 Å². The molecule has 0 fully saturated rings. The Bertz CT molecular complexity index is 365. The van der Waals surface area contributed by atoms with Gasteiger partial charge in [-0.15, -0.1) is 0 Å². The van der Waals surface area contributed by atoms with Gasteiger partial charge in [-0.05, 0) is 37.1 Å². The summed E-state index contributed by atoms with van der Waals surface area (Å²) in [5.41, 5.74) is 1.31. The topological polar surface area (TPSA) is 30.5 Å². The van der Waals surface area contributed by atoms with Crippen molar-refractivity contribution in [3.63, 3.8) is 0 Å². The summed E-state index contributed by atoms with van der Waals surface area (Å²) in [6.07, 6.45) is 2.18. The van der Waals surface area contributed by atoms with Crippen LogP contribution in [0.3, 0.4) is 0 Å². The molecule has 2 rings (SSSR count). The molecule has 0 aromatic heterocycles. The quantitative estimate of drug-likeness (QED) is 0.850. The number of fused-ring (bicyclic) bond motifs is 1. The largest absolute Gasteiger partial charge is 0.486 e. The second-order valence-electron chi connectivity index (χ2n) is 4.34. The molecule has 1 aliphatic heterocycles. The average Bonchev–Trinajstić information content (AvgIpc) is 2.38. The van der Waals surface area contributed by atoms with Crippen LogP contribution in [0.4, 0.5) is 0 Å². The van der Waals surface area contributed by atoms with Crippen molar-refractivity contribution in [2.24, 2.45) is 0 Å². The minimum Gasteiger partial charge on any atom is -0.486 e. The van der Waals surface area contributed by atoms with E-state index >= 15 is 0 Å². The van der Waals surface area contributed by atoms with Gasteiger partial charge in [0.15, 0.2) is 11.5 Å². The fourth-order valence-corrected chi connectivity index (χ4v) is 2.15. The fourth-order valence-electron chi connectivity index (χ4n) is 2.15. The number of nitrogens with one attached hydrogen (secondary N) is 1. The van der Waals surface area contributed by atoms with E-state index in [2.05, 4.69) is 31.3 Å². The predicted octanol–water partition coefficient (Wildman–Crippen LogP) is 2.39. The summed E-state index contributed by atoms with van der Waals surface area (Å²) < 4.78 is 11.1. The lowest BCUT2D eigenvalue weighted by Crippen LogP contribution is -2.30. The van der Waals surface area contributed by atoms with Crippen LogP contribution < -0.4 is 14.8 Å². The molecule has 0 saturated carbocycles. The molecular formula is C14H21NO2. The van der Waals surface area contributed by atoms with Crippen molar-refractivity contribution < 1.29 is 9.47 Å². The zero-order valence-electron chi connectivity index (χ0n) is 10.7. The van der Waals surface area contributed by atoms with Crippen molar-refractivity contribution in [3.8, 4) is 11.5 Å². The van der Waals surface area contributed by atoms with Gasteiger partial charge in [-0.25, -0.2) is 0 Å². The first-order valence-electron chi connectivity index (χ1n) is 6.45. The van der Waals surface area contributed by atoms with Crippen LogP contribution >= 0.6 is 0 Å². The van der Waals surface area contributed by atoms with Crippen LogP contribution in [0, 0.1) is 0 Å². The predicted molar refractivity (Wildman–Crippen MR) is 68.9 cm³/mol. The SMILES string of the molecule is CCNC(CC)Cc1ccc2c(c1)OCCO2. The first kappa shape index (κ1) is 12.2. The van der Waals surface area contributed by atoms with Crippen molar-refractivity contribution in [2.45, 2.75) is 32.7 Å². The highest BCUT2D eigenvalue weighted by Crippen LogP contribution is 2.31. The van der Waals surface area contributed by atoms with Crippen molar-refractivity contribution in [1.82, 2.24) is 5.32 Å². The molecule has 1 N–H and O–H groups in total. The van der Waals surface area contributed by atoms with Gasteiger partial charge < -0.3 is 14.8 Å². The van der Waals surface area contributed by atoms with Crippen molar-refractivity contribution >= 4 is 0 Å². The van der Waals surface area contributed by atoms with Crippen LogP contribution in [0.25, 0.3) is 0 Å². The Kier molecular flexibility index (Phi) is 4.26. The van der Waals surface area contributed by atoms with Gasteiger partial charge in [0.1, 0.15) is 13.2 Å². The molecule has 1 heterocycles. The summed E-state index contributed by atoms with van der Waals surface area (Å²) in [6, 6.07) is 6.80. The van der Waals surface area contributed by atoms with Gasteiger partial charge in [0.2, 0.25) is 0 Å². The van der Waals surface area contributed by atoms with E-state index in [1.807, 2.05) is 6.07 Å². The molecule has 1 unspecified atom stereocenters. The van der Waals surface area contributed by atoms with E-state index in [4.69, 9.17) is 9.47 Å². The Hall–Kier alpha value is -1.22. The molecule has 1 atom stereocenters. The molecule has 3 nitrogen and oxygen atoms in total. The highest BCUT2D eigenvalue weighted by Gasteiger charge is 2.13. The maximum atomic E-state index is 5.59. The third kappa shape index (κ3) is 3.13. The number of likely N-dealkylation sites (N-methyl/N-ethyl adjacent to an activating group) is 1. The van der Waals surface area contributed by atoms with Crippen molar-refractivity contribution in [2.75, 3.05) is 19.8 Å². The van der Waals surface area contributed by atoms with Gasteiger partial charge in [0.25, 0.3) is 0 Å². The van der Waals surface area contributed by atoms with Gasteiger partial charge in [0, 0.05) is 6.04 Å². The first-order valence-corrected chi connectivity index (χ1v) is 6.45. The number of ether oxygens (including phenoxy) is 2. The maximum Gasteiger partial charge on any atom is 0.161 e.